The molecule has 1 atom stereocenters. The highest BCUT2D eigenvalue weighted by Gasteiger charge is 2.50. The van der Waals surface area contributed by atoms with Gasteiger partial charge in [0.2, 0.25) is 16.0 Å². The number of sulfonamides is 1. The molecule has 2 aliphatic rings. The van der Waals surface area contributed by atoms with Crippen LogP contribution in [-0.4, -0.2) is 68.8 Å². The first-order valence-electron chi connectivity index (χ1n) is 8.01. The third-order valence-corrected chi connectivity index (χ3v) is 6.48. The van der Waals surface area contributed by atoms with E-state index in [4.69, 9.17) is 4.74 Å². The van der Waals surface area contributed by atoms with Crippen LogP contribution in [0, 0.1) is 17.2 Å². The Morgan fingerprint density at radius 1 is 1.33 bits per heavy atom. The van der Waals surface area contributed by atoms with Crippen molar-refractivity contribution in [1.82, 2.24) is 14.3 Å². The van der Waals surface area contributed by atoms with Gasteiger partial charge in [-0.2, -0.15) is 0 Å². The summed E-state index contributed by atoms with van der Waals surface area (Å²) in [5, 5.41) is 0. The minimum Gasteiger partial charge on any atom is -0.384 e. The van der Waals surface area contributed by atoms with Crippen molar-refractivity contribution in [1.29, 1.82) is 0 Å². The fraction of sp³-hybridized carbons (Fsp3) is 0.733. The molecule has 0 N–H and O–H groups in total. The molecule has 1 aromatic rings. The SMILES string of the molecule is COCC1CN(S(C)(=O)=O)CC12CCN(c1ncc(F)cn1)CC2. The van der Waals surface area contributed by atoms with Crippen LogP contribution in [0.2, 0.25) is 0 Å². The molecule has 2 saturated heterocycles. The van der Waals surface area contributed by atoms with Crippen LogP contribution in [0.4, 0.5) is 10.3 Å². The van der Waals surface area contributed by atoms with E-state index in [1.807, 2.05) is 4.90 Å². The number of hydrogen-bond donors (Lipinski definition) is 0. The van der Waals surface area contributed by atoms with Crippen molar-refractivity contribution in [3.8, 4) is 0 Å². The molecular formula is C15H23FN4O3S. The van der Waals surface area contributed by atoms with Gasteiger partial charge in [-0.25, -0.2) is 27.1 Å². The summed E-state index contributed by atoms with van der Waals surface area (Å²) in [4.78, 5) is 10.1. The lowest BCUT2D eigenvalue weighted by atomic mass is 9.71. The molecule has 1 spiro atoms. The van der Waals surface area contributed by atoms with Gasteiger partial charge in [-0.1, -0.05) is 0 Å². The molecule has 1 aromatic heterocycles. The zero-order valence-electron chi connectivity index (χ0n) is 14.0. The Labute approximate surface area is 141 Å². The molecule has 0 saturated carbocycles. The summed E-state index contributed by atoms with van der Waals surface area (Å²) in [6.45, 7) is 3.06. The molecular weight excluding hydrogens is 335 g/mol. The molecule has 7 nitrogen and oxygen atoms in total. The number of nitrogens with zero attached hydrogens (tertiary/aromatic N) is 4. The van der Waals surface area contributed by atoms with Gasteiger partial charge in [0, 0.05) is 39.2 Å². The van der Waals surface area contributed by atoms with Crippen molar-refractivity contribution >= 4 is 16.0 Å². The van der Waals surface area contributed by atoms with Crippen molar-refractivity contribution in [2.45, 2.75) is 12.8 Å². The second kappa shape index (κ2) is 6.53. The zero-order chi connectivity index (χ0) is 17.4. The maximum atomic E-state index is 13.0. The average molecular weight is 358 g/mol. The minimum absolute atomic E-state index is 0.0738. The van der Waals surface area contributed by atoms with E-state index in [0.717, 1.165) is 25.9 Å². The third kappa shape index (κ3) is 3.38. The number of ether oxygens (including phenoxy) is 1. The van der Waals surface area contributed by atoms with Gasteiger partial charge >= 0.3 is 0 Å². The van der Waals surface area contributed by atoms with Gasteiger partial charge in [0.1, 0.15) is 0 Å². The first-order chi connectivity index (χ1) is 11.3. The number of methoxy groups -OCH3 is 1. The molecule has 134 valence electrons. The number of hydrogen-bond acceptors (Lipinski definition) is 6. The summed E-state index contributed by atoms with van der Waals surface area (Å²) in [5.41, 5.74) is -0.0738. The van der Waals surface area contributed by atoms with E-state index in [1.165, 1.54) is 18.6 Å². The second-order valence-corrected chi connectivity index (χ2v) is 8.74. The third-order valence-electron chi connectivity index (χ3n) is 5.27. The smallest absolute Gasteiger partial charge is 0.225 e. The first kappa shape index (κ1) is 17.5. The molecule has 2 fully saturated rings. The molecule has 0 bridgehead atoms. The van der Waals surface area contributed by atoms with Crippen LogP contribution in [0.3, 0.4) is 0 Å². The van der Waals surface area contributed by atoms with Crippen LogP contribution >= 0.6 is 0 Å². The van der Waals surface area contributed by atoms with Crippen LogP contribution in [0.1, 0.15) is 12.8 Å². The maximum Gasteiger partial charge on any atom is 0.225 e. The highest BCUT2D eigenvalue weighted by Crippen LogP contribution is 2.45. The second-order valence-electron chi connectivity index (χ2n) is 6.76. The minimum atomic E-state index is -3.20. The highest BCUT2D eigenvalue weighted by molar-refractivity contribution is 7.88. The molecule has 0 aliphatic carbocycles. The van der Waals surface area contributed by atoms with Crippen LogP contribution < -0.4 is 4.90 Å². The van der Waals surface area contributed by atoms with Crippen LogP contribution in [-0.2, 0) is 14.8 Å². The Bertz CT molecular complexity index is 674. The quantitative estimate of drug-likeness (QED) is 0.790. The number of anilines is 1. The van der Waals surface area contributed by atoms with Crippen molar-refractivity contribution < 1.29 is 17.5 Å². The number of halogens is 1. The predicted molar refractivity (Wildman–Crippen MR) is 87.7 cm³/mol. The van der Waals surface area contributed by atoms with E-state index >= 15 is 0 Å². The predicted octanol–water partition coefficient (Wildman–Crippen LogP) is 0.740. The Morgan fingerprint density at radius 2 is 1.96 bits per heavy atom. The summed E-state index contributed by atoms with van der Waals surface area (Å²) in [6, 6.07) is 0. The molecule has 0 radical (unpaired) electrons. The Morgan fingerprint density at radius 3 is 2.50 bits per heavy atom. The van der Waals surface area contributed by atoms with Crippen molar-refractivity contribution in [3.05, 3.63) is 18.2 Å². The molecule has 3 heterocycles. The van der Waals surface area contributed by atoms with Gasteiger partial charge in [0.25, 0.3) is 0 Å². The molecule has 2 aliphatic heterocycles. The van der Waals surface area contributed by atoms with Gasteiger partial charge < -0.3 is 9.64 Å². The highest BCUT2D eigenvalue weighted by atomic mass is 32.2. The van der Waals surface area contributed by atoms with Gasteiger partial charge in [-0.05, 0) is 18.3 Å². The fourth-order valence-corrected chi connectivity index (χ4v) is 4.80. The van der Waals surface area contributed by atoms with E-state index in [2.05, 4.69) is 9.97 Å². The molecule has 3 rings (SSSR count). The first-order valence-corrected chi connectivity index (χ1v) is 9.85. The standard InChI is InChI=1S/C15H23FN4O3S/c1-23-10-12-9-20(24(2,21)22)11-15(12)3-5-19(6-4-15)14-17-7-13(16)8-18-14/h7-8,12H,3-6,9-11H2,1-2H3. The monoisotopic (exact) mass is 358 g/mol. The van der Waals surface area contributed by atoms with Crippen molar-refractivity contribution in [3.63, 3.8) is 0 Å². The lowest BCUT2D eigenvalue weighted by molar-refractivity contribution is 0.0762. The van der Waals surface area contributed by atoms with Crippen LogP contribution in [0.5, 0.6) is 0 Å². The van der Waals surface area contributed by atoms with Gasteiger partial charge in [-0.3, -0.25) is 0 Å². The van der Waals surface area contributed by atoms with Crippen LogP contribution in [0.15, 0.2) is 12.4 Å². The average Bonchev–Trinajstić information content (AvgIpc) is 2.88. The zero-order valence-corrected chi connectivity index (χ0v) is 14.8. The Hall–Kier alpha value is -1.32. The van der Waals surface area contributed by atoms with Crippen molar-refractivity contribution in [2.75, 3.05) is 51.1 Å². The summed E-state index contributed by atoms with van der Waals surface area (Å²) < 4.78 is 43.8. The lowest BCUT2D eigenvalue weighted by Gasteiger charge is -2.42. The summed E-state index contributed by atoms with van der Waals surface area (Å²) in [7, 11) is -1.55. The lowest BCUT2D eigenvalue weighted by Crippen LogP contribution is -2.46. The van der Waals surface area contributed by atoms with Crippen molar-refractivity contribution in [2.24, 2.45) is 11.3 Å². The van der Waals surface area contributed by atoms with E-state index in [-0.39, 0.29) is 11.3 Å². The van der Waals surface area contributed by atoms with Gasteiger partial charge in [0.15, 0.2) is 5.82 Å². The number of piperidine rings is 1. The summed E-state index contributed by atoms with van der Waals surface area (Å²) >= 11 is 0. The fourth-order valence-electron chi connectivity index (χ4n) is 3.85. The topological polar surface area (TPSA) is 75.6 Å². The molecule has 24 heavy (non-hydrogen) atoms. The Balaban J connectivity index is 1.73. The van der Waals surface area contributed by atoms with E-state index in [9.17, 15) is 12.8 Å². The maximum absolute atomic E-state index is 13.0. The number of rotatable bonds is 4. The van der Waals surface area contributed by atoms with Crippen LogP contribution in [0.25, 0.3) is 0 Å². The molecule has 0 aromatic carbocycles. The molecule has 0 amide bonds. The van der Waals surface area contributed by atoms with E-state index in [1.54, 1.807) is 11.4 Å². The normalized spacial score (nSPS) is 24.6. The van der Waals surface area contributed by atoms with E-state index < -0.39 is 15.8 Å². The summed E-state index contributed by atoms with van der Waals surface area (Å²) in [5.74, 6) is 0.257. The van der Waals surface area contributed by atoms with Gasteiger partial charge in [0.05, 0.1) is 25.3 Å². The van der Waals surface area contributed by atoms with Gasteiger partial charge in [-0.15, -0.1) is 0 Å². The van der Waals surface area contributed by atoms with E-state index in [0.29, 0.717) is 25.6 Å². The number of aromatic nitrogens is 2. The summed E-state index contributed by atoms with van der Waals surface area (Å²) in [6.07, 6.45) is 5.28. The molecule has 1 unspecified atom stereocenters. The molecule has 9 heteroatoms. The largest absolute Gasteiger partial charge is 0.384 e. The Kier molecular flexibility index (Phi) is 4.76.